The molecule has 11 aromatic rings. The molecule has 0 aliphatic heterocycles. The van der Waals surface area contributed by atoms with Gasteiger partial charge >= 0.3 is 0 Å². The lowest BCUT2D eigenvalue weighted by atomic mass is 9.98. The van der Waals surface area contributed by atoms with Gasteiger partial charge in [-0.15, -0.1) is 0 Å². The first-order valence-corrected chi connectivity index (χ1v) is 18.7. The molecule has 0 amide bonds. The van der Waals surface area contributed by atoms with Gasteiger partial charge in [0.05, 0.1) is 31.7 Å². The number of hydrogen-bond acceptors (Lipinski definition) is 0. The third kappa shape index (κ3) is 5.34. The summed E-state index contributed by atoms with van der Waals surface area (Å²) >= 11 is 0. The second kappa shape index (κ2) is 13.2. The molecule has 2 heteroatoms. The summed E-state index contributed by atoms with van der Waals surface area (Å²) in [7, 11) is 0. The molecular formula is C54H36N2. The van der Waals surface area contributed by atoms with Crippen LogP contribution in [-0.2, 0) is 0 Å². The Balaban J connectivity index is 1.14. The van der Waals surface area contributed by atoms with Crippen molar-refractivity contribution in [2.75, 3.05) is 0 Å². The Hall–Kier alpha value is -7.42. The summed E-state index contributed by atoms with van der Waals surface area (Å²) < 4.78 is 68.5. The van der Waals surface area contributed by atoms with Gasteiger partial charge < -0.3 is 9.13 Å². The van der Waals surface area contributed by atoms with Gasteiger partial charge in [0.2, 0.25) is 0 Å². The van der Waals surface area contributed by atoms with Crippen LogP contribution in [0.1, 0.15) is 9.60 Å². The number of fused-ring (bicyclic) bond motifs is 6. The zero-order valence-corrected chi connectivity index (χ0v) is 30.1. The Kier molecular flexibility index (Phi) is 6.01. The number of aromatic nitrogens is 2. The van der Waals surface area contributed by atoms with Gasteiger partial charge in [-0.1, -0.05) is 152 Å². The van der Waals surface area contributed by atoms with Crippen molar-refractivity contribution in [2.24, 2.45) is 0 Å². The molecule has 262 valence electrons. The van der Waals surface area contributed by atoms with Crippen molar-refractivity contribution >= 4 is 43.6 Å². The molecule has 2 heterocycles. The predicted molar refractivity (Wildman–Crippen MR) is 237 cm³/mol. The Morgan fingerprint density at radius 2 is 0.714 bits per heavy atom. The number of nitrogens with zero attached hydrogens (tertiary/aromatic N) is 2. The SMILES string of the molecule is [2H]c1c([2H])c([2H])c2c(c1[2H])c1c([2H])c(-c3ccc4c(c3)c3cc(-c5ccc(-c6ccccc6)cc5)ccc3n4-c3ccccc3)c([2H])c([2H])c1n2-c1ccc(-c2ccccc2)cc1. The van der Waals surface area contributed by atoms with Crippen molar-refractivity contribution in [3.05, 3.63) is 218 Å². The van der Waals surface area contributed by atoms with E-state index in [2.05, 4.69) is 71.3 Å². The predicted octanol–water partition coefficient (Wildman–Crippen LogP) is 14.5. The van der Waals surface area contributed by atoms with E-state index in [9.17, 15) is 4.11 Å². The molecule has 0 unspecified atom stereocenters. The molecule has 11 rings (SSSR count). The summed E-state index contributed by atoms with van der Waals surface area (Å²) in [5.41, 5.74) is 10.9. The Morgan fingerprint density at radius 3 is 1.32 bits per heavy atom. The first kappa shape index (κ1) is 25.6. The van der Waals surface area contributed by atoms with E-state index in [0.717, 1.165) is 60.9 Å². The summed E-state index contributed by atoms with van der Waals surface area (Å²) in [4.78, 5) is 0. The van der Waals surface area contributed by atoms with Crippen LogP contribution in [-0.4, -0.2) is 9.13 Å². The first-order chi connectivity index (χ1) is 30.7. The average Bonchev–Trinajstić information content (AvgIpc) is 3.87. The number of hydrogen-bond donors (Lipinski definition) is 0. The van der Waals surface area contributed by atoms with E-state index in [4.69, 9.17) is 5.48 Å². The second-order valence-electron chi connectivity index (χ2n) is 14.0. The molecule has 2 aromatic heterocycles. The van der Waals surface area contributed by atoms with Crippen LogP contribution in [0.15, 0.2) is 218 Å². The van der Waals surface area contributed by atoms with Crippen molar-refractivity contribution in [2.45, 2.75) is 0 Å². The van der Waals surface area contributed by atoms with E-state index in [1.54, 1.807) is 4.57 Å². The van der Waals surface area contributed by atoms with Crippen LogP contribution in [0.3, 0.4) is 0 Å². The van der Waals surface area contributed by atoms with Gasteiger partial charge in [0, 0.05) is 32.9 Å². The van der Waals surface area contributed by atoms with Crippen molar-refractivity contribution in [1.82, 2.24) is 9.13 Å². The minimum Gasteiger partial charge on any atom is -0.309 e. The van der Waals surface area contributed by atoms with Crippen LogP contribution in [0.2, 0.25) is 0 Å². The molecule has 0 bridgehead atoms. The highest BCUT2D eigenvalue weighted by Crippen LogP contribution is 2.40. The molecule has 0 saturated heterocycles. The standard InChI is InChI=1S/C54H36N2/c1-4-12-37(13-5-1)39-20-22-41(23-21-39)42-26-31-53-49(34-42)50-36-44(28-33-54(50)55(53)45-16-8-3-9-17-45)43-27-32-52-48(35-43)47-18-10-11-19-51(47)56(52)46-29-24-40(25-30-46)38-14-6-2-7-15-38/h1-36H/i10D,11D,18D,19D,27D,32D,35D. The largest absolute Gasteiger partial charge is 0.309 e. The molecular weight excluding hydrogens is 677 g/mol. The number of benzene rings is 9. The zero-order chi connectivity index (χ0) is 43.1. The van der Waals surface area contributed by atoms with Crippen molar-refractivity contribution in [1.29, 1.82) is 0 Å². The minimum atomic E-state index is -0.422. The van der Waals surface area contributed by atoms with Gasteiger partial charge in [0.25, 0.3) is 0 Å². The lowest BCUT2D eigenvalue weighted by Gasteiger charge is -2.10. The van der Waals surface area contributed by atoms with E-state index in [1.165, 1.54) is 0 Å². The van der Waals surface area contributed by atoms with Crippen LogP contribution < -0.4 is 0 Å². The molecule has 0 aliphatic rings. The monoisotopic (exact) mass is 719 g/mol. The van der Waals surface area contributed by atoms with E-state index < -0.39 is 12.1 Å². The average molecular weight is 720 g/mol. The lowest BCUT2D eigenvalue weighted by Crippen LogP contribution is -1.94. The third-order valence-corrected chi connectivity index (χ3v) is 10.8. The van der Waals surface area contributed by atoms with Crippen LogP contribution in [0, 0.1) is 0 Å². The van der Waals surface area contributed by atoms with Crippen LogP contribution in [0.25, 0.3) is 99.5 Å². The van der Waals surface area contributed by atoms with Gasteiger partial charge in [0.15, 0.2) is 0 Å². The molecule has 0 atom stereocenters. The maximum Gasteiger partial charge on any atom is 0.0645 e. The third-order valence-electron chi connectivity index (χ3n) is 10.8. The summed E-state index contributed by atoms with van der Waals surface area (Å²) in [5.74, 6) is 0. The fourth-order valence-corrected chi connectivity index (χ4v) is 8.05. The van der Waals surface area contributed by atoms with Crippen molar-refractivity contribution < 1.29 is 9.60 Å². The number of rotatable bonds is 6. The summed E-state index contributed by atoms with van der Waals surface area (Å²) in [6.45, 7) is 0. The maximum absolute atomic E-state index is 9.87. The summed E-state index contributed by atoms with van der Waals surface area (Å²) in [5, 5.41) is 2.23. The molecule has 0 saturated carbocycles. The molecule has 56 heavy (non-hydrogen) atoms. The van der Waals surface area contributed by atoms with Crippen LogP contribution in [0.5, 0.6) is 0 Å². The number of para-hydroxylation sites is 2. The van der Waals surface area contributed by atoms with E-state index in [-0.39, 0.29) is 57.6 Å². The molecule has 0 radical (unpaired) electrons. The van der Waals surface area contributed by atoms with Gasteiger partial charge in [0.1, 0.15) is 0 Å². The fourth-order valence-electron chi connectivity index (χ4n) is 8.05. The molecule has 0 fully saturated rings. The van der Waals surface area contributed by atoms with E-state index >= 15 is 0 Å². The molecule has 0 N–H and O–H groups in total. The quantitative estimate of drug-likeness (QED) is 0.162. The van der Waals surface area contributed by atoms with Gasteiger partial charge in [-0.2, -0.15) is 0 Å². The topological polar surface area (TPSA) is 9.86 Å². The smallest absolute Gasteiger partial charge is 0.0645 e. The molecule has 9 aromatic carbocycles. The van der Waals surface area contributed by atoms with Crippen molar-refractivity contribution in [3.8, 4) is 55.9 Å². The Labute approximate surface area is 335 Å². The van der Waals surface area contributed by atoms with Gasteiger partial charge in [-0.05, 0) is 111 Å². The first-order valence-electron chi connectivity index (χ1n) is 22.2. The normalized spacial score (nSPS) is 13.3. The lowest BCUT2D eigenvalue weighted by molar-refractivity contribution is 1.18. The minimum absolute atomic E-state index is 0.0778. The Bertz CT molecular complexity index is 3600. The molecule has 2 nitrogen and oxygen atoms in total. The van der Waals surface area contributed by atoms with Gasteiger partial charge in [-0.25, -0.2) is 0 Å². The highest BCUT2D eigenvalue weighted by Gasteiger charge is 2.17. The van der Waals surface area contributed by atoms with Crippen molar-refractivity contribution in [3.63, 3.8) is 0 Å². The highest BCUT2D eigenvalue weighted by molar-refractivity contribution is 6.13. The van der Waals surface area contributed by atoms with E-state index in [0.29, 0.717) is 11.3 Å². The van der Waals surface area contributed by atoms with E-state index in [1.807, 2.05) is 109 Å². The van der Waals surface area contributed by atoms with Gasteiger partial charge in [-0.3, -0.25) is 0 Å². The maximum atomic E-state index is 9.87. The Morgan fingerprint density at radius 1 is 0.286 bits per heavy atom. The highest BCUT2D eigenvalue weighted by atomic mass is 15.0. The van der Waals surface area contributed by atoms with Crippen LogP contribution >= 0.6 is 0 Å². The van der Waals surface area contributed by atoms with Crippen LogP contribution in [0.4, 0.5) is 0 Å². The fraction of sp³-hybridized carbons (Fsp3) is 0. The second-order valence-corrected chi connectivity index (χ2v) is 14.0. The summed E-state index contributed by atoms with van der Waals surface area (Å²) in [6, 6.07) is 57.0. The molecule has 0 spiro atoms. The zero-order valence-electron chi connectivity index (χ0n) is 37.1. The summed E-state index contributed by atoms with van der Waals surface area (Å²) in [6.07, 6.45) is 0. The molecule has 0 aliphatic carbocycles.